The number of carbonyl (C=O) groups is 2. The molecule has 0 atom stereocenters. The molecule has 2 amide bonds. The van der Waals surface area contributed by atoms with E-state index in [-0.39, 0.29) is 11.6 Å². The fourth-order valence-corrected chi connectivity index (χ4v) is 3.29. The second-order valence-corrected chi connectivity index (χ2v) is 6.83. The molecule has 3 aromatic rings. The number of nitrogens with one attached hydrogen (secondary N) is 1. The smallest absolute Gasteiger partial charge is 0.282 e. The van der Waals surface area contributed by atoms with E-state index in [4.69, 9.17) is 16.3 Å². The zero-order valence-corrected chi connectivity index (χ0v) is 16.3. The third-order valence-corrected chi connectivity index (χ3v) is 4.84. The van der Waals surface area contributed by atoms with Crippen LogP contribution in [0.25, 0.3) is 5.57 Å². The first-order chi connectivity index (χ1) is 14.1. The van der Waals surface area contributed by atoms with Crippen molar-refractivity contribution in [2.75, 3.05) is 17.3 Å². The third-order valence-electron chi connectivity index (χ3n) is 4.59. The highest BCUT2D eigenvalue weighted by molar-refractivity contribution is 6.46. The molecule has 0 aromatic heterocycles. The first kappa shape index (κ1) is 18.8. The zero-order valence-electron chi connectivity index (χ0n) is 15.6. The minimum Gasteiger partial charge on any atom is -0.497 e. The van der Waals surface area contributed by atoms with Gasteiger partial charge in [0.25, 0.3) is 11.8 Å². The number of benzene rings is 3. The topological polar surface area (TPSA) is 58.6 Å². The van der Waals surface area contributed by atoms with Gasteiger partial charge in [0.2, 0.25) is 0 Å². The fourth-order valence-electron chi connectivity index (χ4n) is 3.16. The van der Waals surface area contributed by atoms with Crippen LogP contribution in [0.4, 0.5) is 11.4 Å². The maximum absolute atomic E-state index is 13.3. The molecule has 5 nitrogen and oxygen atoms in total. The molecule has 0 saturated heterocycles. The lowest BCUT2D eigenvalue weighted by molar-refractivity contribution is -0.120. The molecule has 4 rings (SSSR count). The highest BCUT2D eigenvalue weighted by atomic mass is 35.5. The van der Waals surface area contributed by atoms with Gasteiger partial charge in [-0.05, 0) is 54.1 Å². The summed E-state index contributed by atoms with van der Waals surface area (Å²) in [5.74, 6) is -0.115. The molecule has 1 N–H and O–H groups in total. The Morgan fingerprint density at radius 1 is 0.828 bits per heavy atom. The number of halogens is 1. The summed E-state index contributed by atoms with van der Waals surface area (Å²) in [4.78, 5) is 27.7. The van der Waals surface area contributed by atoms with Crippen LogP contribution < -0.4 is 15.0 Å². The van der Waals surface area contributed by atoms with Gasteiger partial charge in [0.1, 0.15) is 11.4 Å². The van der Waals surface area contributed by atoms with Gasteiger partial charge in [0.05, 0.1) is 18.4 Å². The maximum Gasteiger partial charge on any atom is 0.282 e. The maximum atomic E-state index is 13.3. The second-order valence-electron chi connectivity index (χ2n) is 6.39. The molecule has 0 fully saturated rings. The Morgan fingerprint density at radius 2 is 1.48 bits per heavy atom. The van der Waals surface area contributed by atoms with Crippen molar-refractivity contribution in [2.24, 2.45) is 0 Å². The largest absolute Gasteiger partial charge is 0.497 e. The van der Waals surface area contributed by atoms with E-state index >= 15 is 0 Å². The number of hydrogen-bond acceptors (Lipinski definition) is 4. The van der Waals surface area contributed by atoms with Crippen LogP contribution in [0.3, 0.4) is 0 Å². The van der Waals surface area contributed by atoms with Gasteiger partial charge in [0, 0.05) is 10.7 Å². The van der Waals surface area contributed by atoms with Crippen LogP contribution in [0.5, 0.6) is 5.75 Å². The summed E-state index contributed by atoms with van der Waals surface area (Å²) in [6.07, 6.45) is 0. The zero-order chi connectivity index (χ0) is 20.4. The van der Waals surface area contributed by atoms with Gasteiger partial charge in [0.15, 0.2) is 0 Å². The van der Waals surface area contributed by atoms with Gasteiger partial charge in [-0.2, -0.15) is 0 Å². The minimum absolute atomic E-state index is 0.223. The van der Waals surface area contributed by atoms with E-state index in [1.54, 1.807) is 55.6 Å². The van der Waals surface area contributed by atoms with Crippen molar-refractivity contribution in [3.05, 3.63) is 95.1 Å². The molecular weight excluding hydrogens is 388 g/mol. The van der Waals surface area contributed by atoms with Gasteiger partial charge in [-0.25, -0.2) is 4.90 Å². The molecule has 29 heavy (non-hydrogen) atoms. The average Bonchev–Trinajstić information content (AvgIpc) is 2.99. The van der Waals surface area contributed by atoms with Crippen LogP contribution in [0.2, 0.25) is 5.02 Å². The molecule has 0 bridgehead atoms. The van der Waals surface area contributed by atoms with Crippen LogP contribution >= 0.6 is 11.6 Å². The Hall–Kier alpha value is -3.57. The predicted molar refractivity (Wildman–Crippen MR) is 114 cm³/mol. The number of nitrogens with zero attached hydrogens (tertiary/aromatic N) is 1. The van der Waals surface area contributed by atoms with Crippen molar-refractivity contribution < 1.29 is 14.3 Å². The van der Waals surface area contributed by atoms with Gasteiger partial charge < -0.3 is 10.1 Å². The highest BCUT2D eigenvalue weighted by Crippen LogP contribution is 2.34. The van der Waals surface area contributed by atoms with E-state index in [0.717, 1.165) is 4.90 Å². The number of hydrogen-bond donors (Lipinski definition) is 1. The molecule has 6 heteroatoms. The van der Waals surface area contributed by atoms with Crippen LogP contribution in [-0.4, -0.2) is 18.9 Å². The molecule has 0 radical (unpaired) electrons. The first-order valence-electron chi connectivity index (χ1n) is 8.93. The number of amides is 2. The normalized spacial score (nSPS) is 13.8. The van der Waals surface area contributed by atoms with Crippen LogP contribution in [0, 0.1) is 0 Å². The SMILES string of the molecule is COc1ccc(NC2=C(c3ccccc3)C(=O)N(c3ccc(Cl)cc3)C2=O)cc1. The van der Waals surface area contributed by atoms with E-state index in [2.05, 4.69) is 5.32 Å². The highest BCUT2D eigenvalue weighted by Gasteiger charge is 2.40. The molecule has 1 aliphatic rings. The summed E-state index contributed by atoms with van der Waals surface area (Å²) in [6, 6.07) is 22.9. The number of rotatable bonds is 5. The second kappa shape index (κ2) is 7.81. The Labute approximate surface area is 173 Å². The number of anilines is 2. The molecule has 0 spiro atoms. The summed E-state index contributed by atoms with van der Waals surface area (Å²) in [7, 11) is 1.58. The Kier molecular flexibility index (Phi) is 5.06. The number of carbonyl (C=O) groups excluding carboxylic acids is 2. The predicted octanol–water partition coefficient (Wildman–Crippen LogP) is 4.75. The van der Waals surface area contributed by atoms with Crippen molar-refractivity contribution in [3.8, 4) is 5.75 Å². The van der Waals surface area contributed by atoms with Gasteiger partial charge >= 0.3 is 0 Å². The van der Waals surface area contributed by atoms with E-state index in [1.807, 2.05) is 30.3 Å². The van der Waals surface area contributed by atoms with Gasteiger partial charge in [-0.3, -0.25) is 9.59 Å². The van der Waals surface area contributed by atoms with Crippen LogP contribution in [0.1, 0.15) is 5.56 Å². The summed E-state index contributed by atoms with van der Waals surface area (Å²) >= 11 is 5.96. The van der Waals surface area contributed by atoms with Gasteiger partial charge in [-0.1, -0.05) is 41.9 Å². The van der Waals surface area contributed by atoms with Crippen molar-refractivity contribution in [1.82, 2.24) is 0 Å². The van der Waals surface area contributed by atoms with E-state index in [0.29, 0.717) is 33.3 Å². The van der Waals surface area contributed by atoms with Crippen LogP contribution in [0.15, 0.2) is 84.6 Å². The number of methoxy groups -OCH3 is 1. The summed E-state index contributed by atoms with van der Waals surface area (Å²) in [5, 5.41) is 3.65. The first-order valence-corrected chi connectivity index (χ1v) is 9.31. The van der Waals surface area contributed by atoms with Crippen molar-refractivity contribution in [1.29, 1.82) is 0 Å². The molecule has 1 aliphatic heterocycles. The van der Waals surface area contributed by atoms with Crippen molar-refractivity contribution >= 4 is 40.4 Å². The molecular formula is C23H17ClN2O3. The molecule has 0 saturated carbocycles. The van der Waals surface area contributed by atoms with Crippen LogP contribution in [-0.2, 0) is 9.59 Å². The quantitative estimate of drug-likeness (QED) is 0.624. The van der Waals surface area contributed by atoms with E-state index in [9.17, 15) is 9.59 Å². The fraction of sp³-hybridized carbons (Fsp3) is 0.0435. The van der Waals surface area contributed by atoms with E-state index < -0.39 is 5.91 Å². The van der Waals surface area contributed by atoms with E-state index in [1.165, 1.54) is 0 Å². The molecule has 0 aliphatic carbocycles. The Morgan fingerprint density at radius 3 is 2.10 bits per heavy atom. The molecule has 3 aromatic carbocycles. The lowest BCUT2D eigenvalue weighted by atomic mass is 10.0. The average molecular weight is 405 g/mol. The summed E-state index contributed by atoms with van der Waals surface area (Å²) in [5.41, 5.74) is 2.35. The summed E-state index contributed by atoms with van der Waals surface area (Å²) in [6.45, 7) is 0. The van der Waals surface area contributed by atoms with Gasteiger partial charge in [-0.15, -0.1) is 0 Å². The summed E-state index contributed by atoms with van der Waals surface area (Å²) < 4.78 is 5.17. The Bertz CT molecular complexity index is 1090. The van der Waals surface area contributed by atoms with Crippen molar-refractivity contribution in [3.63, 3.8) is 0 Å². The monoisotopic (exact) mass is 404 g/mol. The molecule has 0 unspecified atom stereocenters. The standard InChI is InChI=1S/C23H17ClN2O3/c1-29-19-13-9-17(10-14-19)25-21-20(15-5-3-2-4-6-15)22(27)26(23(21)28)18-11-7-16(24)8-12-18/h2-14,25H,1H3. The molecule has 1 heterocycles. The Balaban J connectivity index is 1.77. The number of ether oxygens (including phenoxy) is 1. The lowest BCUT2D eigenvalue weighted by Crippen LogP contribution is -2.32. The lowest BCUT2D eigenvalue weighted by Gasteiger charge is -2.15. The molecule has 144 valence electrons. The van der Waals surface area contributed by atoms with Crippen molar-refractivity contribution in [2.45, 2.75) is 0 Å². The minimum atomic E-state index is -0.424. The number of imide groups is 1. The third kappa shape index (κ3) is 3.60.